The third kappa shape index (κ3) is 6.54. The second-order valence-electron chi connectivity index (χ2n) is 13.9. The zero-order chi connectivity index (χ0) is 34.1. The van der Waals surface area contributed by atoms with E-state index in [4.69, 9.17) is 0 Å². The zero-order valence-electron chi connectivity index (χ0n) is 27.1. The Morgan fingerprint density at radius 2 is 1.77 bits per heavy atom. The highest BCUT2D eigenvalue weighted by molar-refractivity contribution is 7.92. The summed E-state index contributed by atoms with van der Waals surface area (Å²) in [6.07, 6.45) is 4.29. The lowest BCUT2D eigenvalue weighted by molar-refractivity contribution is -0.124. The van der Waals surface area contributed by atoms with E-state index in [1.165, 1.54) is 23.1 Å². The highest BCUT2D eigenvalue weighted by Crippen LogP contribution is 2.50. The van der Waals surface area contributed by atoms with Crippen molar-refractivity contribution in [3.63, 3.8) is 0 Å². The van der Waals surface area contributed by atoms with Crippen LogP contribution in [0.4, 0.5) is 14.9 Å². The van der Waals surface area contributed by atoms with Crippen LogP contribution >= 0.6 is 0 Å². The first-order chi connectivity index (χ1) is 23.0. The smallest absolute Gasteiger partial charge is 0.404 e. The minimum absolute atomic E-state index is 0.0239. The van der Waals surface area contributed by atoms with Crippen LogP contribution in [0.2, 0.25) is 0 Å². The minimum atomic E-state index is -3.55. The van der Waals surface area contributed by atoms with Crippen molar-refractivity contribution in [1.82, 2.24) is 15.1 Å². The summed E-state index contributed by atoms with van der Waals surface area (Å²) >= 11 is 0. The van der Waals surface area contributed by atoms with Gasteiger partial charge in [-0.15, -0.1) is 0 Å². The van der Waals surface area contributed by atoms with Gasteiger partial charge in [0.1, 0.15) is 5.82 Å². The maximum absolute atomic E-state index is 14.5. The van der Waals surface area contributed by atoms with Gasteiger partial charge in [0, 0.05) is 56.3 Å². The number of carboxylic acid groups (broad SMARTS) is 1. The molecule has 256 valence electrons. The first kappa shape index (κ1) is 33.9. The van der Waals surface area contributed by atoms with Crippen LogP contribution in [0.3, 0.4) is 0 Å². The average Bonchev–Trinajstić information content (AvgIpc) is 3.75. The number of sulfone groups is 1. The van der Waals surface area contributed by atoms with Gasteiger partial charge in [0.05, 0.1) is 21.6 Å². The largest absolute Gasteiger partial charge is 0.465 e. The fraction of sp³-hybridized carbons (Fsp3) is 0.528. The number of anilines is 1. The number of carbonyl (C=O) groups excluding carboxylic acids is 1. The van der Waals surface area contributed by atoms with E-state index in [0.717, 1.165) is 64.1 Å². The Morgan fingerprint density at radius 3 is 2.42 bits per heavy atom. The van der Waals surface area contributed by atoms with Crippen molar-refractivity contribution in [2.75, 3.05) is 50.7 Å². The first-order valence-electron chi connectivity index (χ1n) is 16.9. The van der Waals surface area contributed by atoms with E-state index in [1.54, 1.807) is 18.2 Å². The number of amides is 2. The summed E-state index contributed by atoms with van der Waals surface area (Å²) in [5.41, 5.74) is 0.646. The number of halogens is 1. The molecule has 3 heterocycles. The minimum Gasteiger partial charge on any atom is -0.465 e. The lowest BCUT2D eigenvalue weighted by Crippen LogP contribution is -2.55. The van der Waals surface area contributed by atoms with E-state index < -0.39 is 32.4 Å². The SMILES string of the molecule is C=CC(=O)N1CCC(S(=O)(=O)c2ccc(N3CC(CN4CCC(C(C#N)(c5cccc(F)c5)[C@H]5CCC[C@@H]5NC(=O)O)CC4)C3)cc2)C1. The molecule has 48 heavy (non-hydrogen) atoms. The Labute approximate surface area is 282 Å². The van der Waals surface area contributed by atoms with Gasteiger partial charge in [0.2, 0.25) is 5.91 Å². The molecule has 6 rings (SSSR count). The molecule has 2 aromatic carbocycles. The molecule has 2 amide bonds. The molecule has 0 spiro atoms. The van der Waals surface area contributed by atoms with Gasteiger partial charge in [0.15, 0.2) is 9.84 Å². The molecule has 10 nitrogen and oxygen atoms in total. The van der Waals surface area contributed by atoms with Crippen LogP contribution in [-0.4, -0.2) is 92.4 Å². The predicted molar refractivity (Wildman–Crippen MR) is 180 cm³/mol. The van der Waals surface area contributed by atoms with Crippen LogP contribution < -0.4 is 10.2 Å². The van der Waals surface area contributed by atoms with Crippen molar-refractivity contribution in [2.24, 2.45) is 17.8 Å². The van der Waals surface area contributed by atoms with E-state index in [2.05, 4.69) is 27.8 Å². The maximum Gasteiger partial charge on any atom is 0.404 e. The summed E-state index contributed by atoms with van der Waals surface area (Å²) in [5, 5.41) is 22.4. The number of piperidine rings is 1. The third-order valence-electron chi connectivity index (χ3n) is 11.2. The molecule has 0 aromatic heterocycles. The number of rotatable bonds is 10. The molecule has 3 aliphatic heterocycles. The monoisotopic (exact) mass is 677 g/mol. The molecular weight excluding hydrogens is 633 g/mol. The molecule has 1 aliphatic carbocycles. The standard InChI is InChI=1S/C36H44FN5O5S/c1-2-34(43)41-18-15-31(23-41)48(46,47)30-11-9-29(10-12-30)42-21-25(22-42)20-40-16-13-26(14-17-40)36(24-38,27-5-3-6-28(37)19-27)32-7-4-8-33(32)39-35(44)45/h2-3,5-6,9-12,19,25-26,31-33,39H,1,4,7-8,13-18,20-23H2,(H,44,45)/t31?,32-,33-,36?/m0/s1. The van der Waals surface area contributed by atoms with E-state index in [-0.39, 0.29) is 35.2 Å². The number of nitrogens with one attached hydrogen (secondary N) is 1. The lowest BCUT2D eigenvalue weighted by Gasteiger charge is -2.48. The van der Waals surface area contributed by atoms with Crippen LogP contribution in [0.5, 0.6) is 0 Å². The van der Waals surface area contributed by atoms with Gasteiger partial charge >= 0.3 is 6.09 Å². The van der Waals surface area contributed by atoms with Crippen LogP contribution in [-0.2, 0) is 20.0 Å². The van der Waals surface area contributed by atoms with Gasteiger partial charge < -0.3 is 25.1 Å². The lowest BCUT2D eigenvalue weighted by atomic mass is 9.59. The molecule has 2 N–H and O–H groups in total. The second-order valence-corrected chi connectivity index (χ2v) is 16.1. The molecular formula is C36H44FN5O5S. The van der Waals surface area contributed by atoms with E-state index in [1.807, 2.05) is 18.2 Å². The fourth-order valence-electron chi connectivity index (χ4n) is 8.76. The Kier molecular flexibility index (Phi) is 9.81. The number of benzene rings is 2. The highest BCUT2D eigenvalue weighted by Gasteiger charge is 2.52. The summed E-state index contributed by atoms with van der Waals surface area (Å²) in [6, 6.07) is 15.7. The summed E-state index contributed by atoms with van der Waals surface area (Å²) in [5.74, 6) is -0.429. The quantitative estimate of drug-likeness (QED) is 0.353. The van der Waals surface area contributed by atoms with Gasteiger partial charge in [0.25, 0.3) is 0 Å². The molecule has 4 aliphatic rings. The number of nitriles is 1. The van der Waals surface area contributed by atoms with Gasteiger partial charge in [-0.3, -0.25) is 4.79 Å². The third-order valence-corrected chi connectivity index (χ3v) is 13.4. The summed E-state index contributed by atoms with van der Waals surface area (Å²) in [6.45, 7) is 8.37. The van der Waals surface area contributed by atoms with Gasteiger partial charge in [-0.05, 0) is 99.1 Å². The Morgan fingerprint density at radius 1 is 1.04 bits per heavy atom. The van der Waals surface area contributed by atoms with Crippen LogP contribution in [0.25, 0.3) is 0 Å². The molecule has 0 radical (unpaired) electrons. The number of likely N-dealkylation sites (tertiary alicyclic amines) is 2. The van der Waals surface area contributed by atoms with Crippen molar-refractivity contribution in [3.05, 3.63) is 72.6 Å². The topological polar surface area (TPSA) is 134 Å². The Bertz CT molecular complexity index is 1670. The second kappa shape index (κ2) is 13.9. The van der Waals surface area contributed by atoms with E-state index in [9.17, 15) is 32.8 Å². The van der Waals surface area contributed by atoms with Gasteiger partial charge in [-0.25, -0.2) is 17.6 Å². The molecule has 2 unspecified atom stereocenters. The molecule has 0 bridgehead atoms. The normalized spacial score (nSPS) is 25.2. The summed E-state index contributed by atoms with van der Waals surface area (Å²) in [4.78, 5) is 30.0. The van der Waals surface area contributed by atoms with Crippen molar-refractivity contribution < 1.29 is 27.5 Å². The molecule has 3 saturated heterocycles. The first-order valence-corrected chi connectivity index (χ1v) is 18.5. The van der Waals surface area contributed by atoms with Gasteiger partial charge in [-0.2, -0.15) is 5.26 Å². The van der Waals surface area contributed by atoms with Crippen molar-refractivity contribution >= 4 is 27.5 Å². The maximum atomic E-state index is 14.5. The number of nitrogens with zero attached hydrogens (tertiary/aromatic N) is 4. The number of hydrogen-bond acceptors (Lipinski definition) is 7. The highest BCUT2D eigenvalue weighted by atomic mass is 32.2. The molecule has 2 aromatic rings. The van der Waals surface area contributed by atoms with E-state index >= 15 is 0 Å². The van der Waals surface area contributed by atoms with Crippen LogP contribution in [0.15, 0.2) is 66.1 Å². The van der Waals surface area contributed by atoms with Crippen molar-refractivity contribution in [3.8, 4) is 6.07 Å². The summed E-state index contributed by atoms with van der Waals surface area (Å²) < 4.78 is 40.9. The van der Waals surface area contributed by atoms with Crippen molar-refractivity contribution in [1.29, 1.82) is 5.26 Å². The van der Waals surface area contributed by atoms with Gasteiger partial charge in [-0.1, -0.05) is 25.1 Å². The van der Waals surface area contributed by atoms with Crippen LogP contribution in [0, 0.1) is 34.9 Å². The fourth-order valence-corrected chi connectivity index (χ4v) is 10.4. The molecule has 4 fully saturated rings. The number of hydrogen-bond donors (Lipinski definition) is 2. The average molecular weight is 678 g/mol. The zero-order valence-corrected chi connectivity index (χ0v) is 28.0. The van der Waals surface area contributed by atoms with E-state index in [0.29, 0.717) is 30.9 Å². The Balaban J connectivity index is 1.05. The molecule has 4 atom stereocenters. The predicted octanol–water partition coefficient (Wildman–Crippen LogP) is 4.43. The Hall–Kier alpha value is -3.95. The molecule has 12 heteroatoms. The van der Waals surface area contributed by atoms with Crippen molar-refractivity contribution in [2.45, 2.75) is 60.1 Å². The summed E-state index contributed by atoms with van der Waals surface area (Å²) in [7, 11) is -3.55. The number of carbonyl (C=O) groups is 2. The van der Waals surface area contributed by atoms with Crippen LogP contribution in [0.1, 0.15) is 44.1 Å². The molecule has 1 saturated carbocycles.